The molecule has 1 fully saturated rings. The number of ether oxygens (including phenoxy) is 2. The third-order valence-corrected chi connectivity index (χ3v) is 7.62. The molecule has 5 rings (SSSR count). The average molecular weight is 639 g/mol. The lowest BCUT2D eigenvalue weighted by molar-refractivity contribution is 0.0369. The zero-order valence-electron chi connectivity index (χ0n) is 27.0. The van der Waals surface area contributed by atoms with Gasteiger partial charge in [0.15, 0.2) is 0 Å². The summed E-state index contributed by atoms with van der Waals surface area (Å²) in [7, 11) is 0. The van der Waals surface area contributed by atoms with Crippen LogP contribution in [-0.2, 0) is 9.47 Å². The van der Waals surface area contributed by atoms with Crippen LogP contribution in [0.1, 0.15) is 55.6 Å². The first kappa shape index (κ1) is 33.4. The molecule has 1 atom stereocenters. The molecule has 1 unspecified atom stereocenters. The van der Waals surface area contributed by atoms with Crippen LogP contribution in [0.15, 0.2) is 85.1 Å². The van der Waals surface area contributed by atoms with Crippen LogP contribution < -0.4 is 21.3 Å². The lowest BCUT2D eigenvalue weighted by atomic mass is 10.00. The van der Waals surface area contributed by atoms with E-state index in [4.69, 9.17) is 9.47 Å². The van der Waals surface area contributed by atoms with E-state index in [-0.39, 0.29) is 18.0 Å². The number of hydrogen-bond donors (Lipinski definition) is 4. The molecule has 3 aromatic carbocycles. The highest BCUT2D eigenvalue weighted by Crippen LogP contribution is 2.25. The summed E-state index contributed by atoms with van der Waals surface area (Å²) < 4.78 is 10.8. The van der Waals surface area contributed by atoms with Gasteiger partial charge in [-0.2, -0.15) is 0 Å². The van der Waals surface area contributed by atoms with Gasteiger partial charge in [0.05, 0.1) is 36.1 Å². The maximum atomic E-state index is 13.2. The van der Waals surface area contributed by atoms with E-state index < -0.39 is 11.7 Å². The lowest BCUT2D eigenvalue weighted by Crippen LogP contribution is -2.37. The van der Waals surface area contributed by atoms with Crippen LogP contribution in [-0.4, -0.2) is 66.4 Å². The number of carbonyl (C=O) groups excluding carboxylic acids is 3. The Morgan fingerprint density at radius 1 is 0.894 bits per heavy atom. The predicted molar refractivity (Wildman–Crippen MR) is 184 cm³/mol. The molecule has 4 aromatic rings. The van der Waals surface area contributed by atoms with Crippen molar-refractivity contribution < 1.29 is 23.9 Å². The summed E-state index contributed by atoms with van der Waals surface area (Å²) in [5.41, 5.74) is 3.04. The predicted octanol–water partition coefficient (Wildman–Crippen LogP) is 6.81. The number of rotatable bonds is 10. The quantitative estimate of drug-likeness (QED) is 0.150. The Balaban J connectivity index is 1.25. The fraction of sp³-hybridized carbons (Fsp3) is 0.333. The molecule has 1 aliphatic heterocycles. The molecule has 0 radical (unpaired) electrons. The van der Waals surface area contributed by atoms with Crippen LogP contribution in [0.25, 0.3) is 10.9 Å². The number of morpholine rings is 1. The smallest absolute Gasteiger partial charge is 0.412 e. The molecule has 4 amide bonds. The van der Waals surface area contributed by atoms with Crippen molar-refractivity contribution in [3.05, 3.63) is 96.2 Å². The Bertz CT molecular complexity index is 1680. The molecule has 2 heterocycles. The third-order valence-electron chi connectivity index (χ3n) is 7.62. The zero-order valence-corrected chi connectivity index (χ0v) is 27.0. The minimum atomic E-state index is -0.659. The van der Waals surface area contributed by atoms with Gasteiger partial charge in [0.25, 0.3) is 5.91 Å². The number of nitrogens with one attached hydrogen (secondary N) is 4. The third kappa shape index (κ3) is 9.99. The van der Waals surface area contributed by atoms with E-state index in [1.165, 1.54) is 0 Å². The number of fused-ring (bicyclic) bond motifs is 1. The van der Waals surface area contributed by atoms with Gasteiger partial charge in [0.2, 0.25) is 0 Å². The van der Waals surface area contributed by atoms with Crippen molar-refractivity contribution in [2.45, 2.75) is 45.3 Å². The molecule has 0 saturated carbocycles. The molecule has 0 bridgehead atoms. The SMILES string of the molecule is CC(C)(C)OC(=O)Nc1ccccc1NC(=O)c1ccc(C(CCCN2CCOCC2)NC(=O)Nc2ccc3ncccc3c2)cc1. The van der Waals surface area contributed by atoms with E-state index >= 15 is 0 Å². The molecule has 1 aliphatic rings. The number of carbonyl (C=O) groups is 3. The number of anilines is 3. The van der Waals surface area contributed by atoms with Crippen molar-refractivity contribution in [1.29, 1.82) is 0 Å². The van der Waals surface area contributed by atoms with E-state index in [1.54, 1.807) is 63.4 Å². The Morgan fingerprint density at radius 3 is 2.34 bits per heavy atom. The maximum Gasteiger partial charge on any atom is 0.412 e. The van der Waals surface area contributed by atoms with E-state index in [1.807, 2.05) is 42.5 Å². The van der Waals surface area contributed by atoms with Crippen LogP contribution in [0.3, 0.4) is 0 Å². The Morgan fingerprint density at radius 2 is 1.62 bits per heavy atom. The van der Waals surface area contributed by atoms with Crippen molar-refractivity contribution in [2.24, 2.45) is 0 Å². The van der Waals surface area contributed by atoms with Gasteiger partial charge in [-0.1, -0.05) is 30.3 Å². The van der Waals surface area contributed by atoms with Gasteiger partial charge >= 0.3 is 12.1 Å². The number of pyridine rings is 1. The normalized spacial score (nSPS) is 14.2. The lowest BCUT2D eigenvalue weighted by Gasteiger charge is -2.27. The zero-order chi connectivity index (χ0) is 33.2. The molecule has 4 N–H and O–H groups in total. The largest absolute Gasteiger partial charge is 0.444 e. The van der Waals surface area contributed by atoms with Crippen molar-refractivity contribution >= 4 is 46.0 Å². The molecule has 0 aliphatic carbocycles. The number of hydrogen-bond acceptors (Lipinski definition) is 7. The number of amides is 4. The van der Waals surface area contributed by atoms with E-state index in [9.17, 15) is 14.4 Å². The van der Waals surface area contributed by atoms with Crippen LogP contribution >= 0.6 is 0 Å². The van der Waals surface area contributed by atoms with Gasteiger partial charge in [0.1, 0.15) is 5.60 Å². The summed E-state index contributed by atoms with van der Waals surface area (Å²) in [6.07, 6.45) is 2.71. The Labute approximate surface area is 275 Å². The number of nitrogens with zero attached hydrogens (tertiary/aromatic N) is 2. The molecular formula is C36H42N6O5. The van der Waals surface area contributed by atoms with Crippen molar-refractivity contribution in [2.75, 3.05) is 48.8 Å². The second kappa shape index (κ2) is 15.5. The number of urea groups is 1. The molecule has 0 spiro atoms. The average Bonchev–Trinajstić information content (AvgIpc) is 3.05. The number of para-hydroxylation sites is 2. The highest BCUT2D eigenvalue weighted by atomic mass is 16.6. The van der Waals surface area contributed by atoms with Gasteiger partial charge in [0, 0.05) is 35.9 Å². The second-order valence-electron chi connectivity index (χ2n) is 12.4. The van der Waals surface area contributed by atoms with Crippen LogP contribution in [0.4, 0.5) is 26.7 Å². The summed E-state index contributed by atoms with van der Waals surface area (Å²) in [5, 5.41) is 12.6. The molecule has 1 aromatic heterocycles. The topological polar surface area (TPSA) is 134 Å². The van der Waals surface area contributed by atoms with Gasteiger partial charge in [-0.15, -0.1) is 0 Å². The summed E-state index contributed by atoms with van der Waals surface area (Å²) in [6, 6.07) is 22.9. The fourth-order valence-electron chi connectivity index (χ4n) is 5.32. The summed E-state index contributed by atoms with van der Waals surface area (Å²) in [6.45, 7) is 9.51. The second-order valence-corrected chi connectivity index (χ2v) is 12.4. The minimum absolute atomic E-state index is 0.283. The highest BCUT2D eigenvalue weighted by molar-refractivity contribution is 6.07. The van der Waals surface area contributed by atoms with Crippen molar-refractivity contribution in [3.8, 4) is 0 Å². The fourth-order valence-corrected chi connectivity index (χ4v) is 5.32. The van der Waals surface area contributed by atoms with Crippen molar-refractivity contribution in [1.82, 2.24) is 15.2 Å². The monoisotopic (exact) mass is 638 g/mol. The van der Waals surface area contributed by atoms with E-state index in [2.05, 4.69) is 31.2 Å². The van der Waals surface area contributed by atoms with E-state index in [0.29, 0.717) is 29.0 Å². The molecule has 47 heavy (non-hydrogen) atoms. The first-order chi connectivity index (χ1) is 22.6. The standard InChI is InChI=1S/C36H42N6O5/c1-36(2,3)47-35(45)41-32-10-5-4-9-31(32)39-33(43)26-14-12-25(13-15-26)30(11-7-19-42-20-22-46-23-21-42)40-34(44)38-28-16-17-29-27(24-28)8-6-18-37-29/h4-6,8-10,12-18,24,30H,7,11,19-23H2,1-3H3,(H,39,43)(H,41,45)(H2,38,40,44). The highest BCUT2D eigenvalue weighted by Gasteiger charge is 2.20. The Hall–Kier alpha value is -5.00. The first-order valence-corrected chi connectivity index (χ1v) is 15.9. The Kier molecular flexibility index (Phi) is 11.0. The maximum absolute atomic E-state index is 13.2. The molecule has 246 valence electrons. The summed E-state index contributed by atoms with van der Waals surface area (Å²) in [5.74, 6) is -0.338. The minimum Gasteiger partial charge on any atom is -0.444 e. The van der Waals surface area contributed by atoms with Gasteiger partial charge in [-0.3, -0.25) is 20.0 Å². The van der Waals surface area contributed by atoms with Gasteiger partial charge in [-0.25, -0.2) is 9.59 Å². The summed E-state index contributed by atoms with van der Waals surface area (Å²) in [4.78, 5) is 45.5. The molecule has 11 nitrogen and oxygen atoms in total. The van der Waals surface area contributed by atoms with Crippen LogP contribution in [0.2, 0.25) is 0 Å². The van der Waals surface area contributed by atoms with Gasteiger partial charge < -0.3 is 25.4 Å². The van der Waals surface area contributed by atoms with E-state index in [0.717, 1.165) is 55.7 Å². The van der Waals surface area contributed by atoms with Crippen LogP contribution in [0.5, 0.6) is 0 Å². The van der Waals surface area contributed by atoms with Crippen molar-refractivity contribution in [3.63, 3.8) is 0 Å². The van der Waals surface area contributed by atoms with Crippen LogP contribution in [0, 0.1) is 0 Å². The number of aromatic nitrogens is 1. The van der Waals surface area contributed by atoms with Gasteiger partial charge in [-0.05, 0) is 94.3 Å². The first-order valence-electron chi connectivity index (χ1n) is 15.9. The molecular weight excluding hydrogens is 596 g/mol. The molecule has 1 saturated heterocycles. The number of benzene rings is 3. The molecule has 11 heteroatoms. The summed E-state index contributed by atoms with van der Waals surface area (Å²) >= 11 is 0.